The van der Waals surface area contributed by atoms with Crippen LogP contribution in [-0.2, 0) is 9.53 Å². The zero-order valence-electron chi connectivity index (χ0n) is 10.6. The molecular weight excluding hydrogens is 268 g/mol. The van der Waals surface area contributed by atoms with Gasteiger partial charge in [0.05, 0.1) is 6.61 Å². The van der Waals surface area contributed by atoms with Gasteiger partial charge in [0, 0.05) is 6.21 Å². The Labute approximate surface area is 114 Å². The van der Waals surface area contributed by atoms with Crippen LogP contribution in [0.2, 0.25) is 0 Å². The minimum Gasteiger partial charge on any atom is -0.394 e. The van der Waals surface area contributed by atoms with Gasteiger partial charge in [-0.25, -0.2) is 9.79 Å². The van der Waals surface area contributed by atoms with Gasteiger partial charge in [0.1, 0.15) is 29.8 Å². The number of carbonyl (C=O) groups is 2. The number of aliphatic hydroxyl groups excluding tert-OH is 3. The number of urea groups is 1. The molecule has 8 nitrogen and oxygen atoms in total. The Morgan fingerprint density at radius 2 is 2.15 bits per heavy atom. The third kappa shape index (κ3) is 2.16. The summed E-state index contributed by atoms with van der Waals surface area (Å²) in [6, 6.07) is -0.804. The van der Waals surface area contributed by atoms with Gasteiger partial charge in [-0.3, -0.25) is 10.1 Å². The van der Waals surface area contributed by atoms with E-state index in [1.165, 1.54) is 6.08 Å². The molecule has 0 aliphatic carbocycles. The average molecular weight is 284 g/mol. The van der Waals surface area contributed by atoms with Crippen molar-refractivity contribution in [2.24, 2.45) is 10.4 Å². The summed E-state index contributed by atoms with van der Waals surface area (Å²) < 4.78 is 5.38. The van der Waals surface area contributed by atoms with Crippen molar-refractivity contribution in [3.05, 3.63) is 12.7 Å². The first kappa shape index (κ1) is 14.8. The lowest BCUT2D eigenvalue weighted by Gasteiger charge is -2.35. The molecule has 0 spiro atoms. The van der Waals surface area contributed by atoms with E-state index in [9.17, 15) is 19.8 Å². The number of carbonyl (C=O) groups excluding carboxylic acids is 2. The van der Waals surface area contributed by atoms with Gasteiger partial charge in [0.2, 0.25) is 5.91 Å². The number of ether oxygens (including phenoxy) is 1. The maximum Gasteiger partial charge on any atom is 0.347 e. The summed E-state index contributed by atoms with van der Waals surface area (Å²) >= 11 is 0. The standard InChI is InChI=1S/C12H16N2O6/c1-2-3-12(5-13-11(19)14-10(12)18)9-8(17)7(16)6(4-15)20-9/h2,5-9,15-17H,1,3-4H2,(H,14,18,19)/t6-,7-,8-,9-,12?/m1/s1. The number of nitrogens with zero attached hydrogens (tertiary/aromatic N) is 1. The van der Waals surface area contributed by atoms with Gasteiger partial charge in [0.25, 0.3) is 0 Å². The second kappa shape index (κ2) is 5.41. The summed E-state index contributed by atoms with van der Waals surface area (Å²) in [6.45, 7) is 3.03. The second-order valence-electron chi connectivity index (χ2n) is 4.81. The molecule has 1 saturated heterocycles. The number of aliphatic hydroxyl groups is 3. The topological polar surface area (TPSA) is 128 Å². The first-order valence-electron chi connectivity index (χ1n) is 6.10. The Morgan fingerprint density at radius 1 is 1.45 bits per heavy atom. The molecule has 0 saturated carbocycles. The lowest BCUT2D eigenvalue weighted by atomic mass is 9.76. The molecule has 4 N–H and O–H groups in total. The Hall–Kier alpha value is -1.61. The van der Waals surface area contributed by atoms with Gasteiger partial charge in [-0.1, -0.05) is 6.08 Å². The molecule has 2 aliphatic heterocycles. The van der Waals surface area contributed by atoms with E-state index in [0.29, 0.717) is 0 Å². The minimum atomic E-state index is -1.44. The summed E-state index contributed by atoms with van der Waals surface area (Å²) in [5.41, 5.74) is -1.44. The Kier molecular flexibility index (Phi) is 4.00. The van der Waals surface area contributed by atoms with Crippen LogP contribution >= 0.6 is 0 Å². The third-order valence-electron chi connectivity index (χ3n) is 3.59. The van der Waals surface area contributed by atoms with Gasteiger partial charge < -0.3 is 20.1 Å². The first-order valence-corrected chi connectivity index (χ1v) is 6.10. The smallest absolute Gasteiger partial charge is 0.347 e. The number of hydrogen-bond acceptors (Lipinski definition) is 6. The maximum absolute atomic E-state index is 12.1. The van der Waals surface area contributed by atoms with Crippen molar-refractivity contribution in [1.82, 2.24) is 5.32 Å². The van der Waals surface area contributed by atoms with Crippen molar-refractivity contribution in [1.29, 1.82) is 0 Å². The number of allylic oxidation sites excluding steroid dienone is 1. The summed E-state index contributed by atoms with van der Waals surface area (Å²) in [4.78, 5) is 26.8. The Balaban J connectivity index is 2.39. The highest BCUT2D eigenvalue weighted by Gasteiger charge is 2.56. The minimum absolute atomic E-state index is 0.0577. The van der Waals surface area contributed by atoms with Gasteiger partial charge in [-0.2, -0.15) is 0 Å². The molecule has 2 heterocycles. The highest BCUT2D eigenvalue weighted by Crippen LogP contribution is 2.38. The zero-order valence-corrected chi connectivity index (χ0v) is 10.6. The number of rotatable bonds is 4. The van der Waals surface area contributed by atoms with Crippen LogP contribution in [0.15, 0.2) is 17.6 Å². The molecule has 8 heteroatoms. The normalized spacial score (nSPS) is 40.8. The largest absolute Gasteiger partial charge is 0.394 e. The lowest BCUT2D eigenvalue weighted by molar-refractivity contribution is -0.137. The van der Waals surface area contributed by atoms with Crippen molar-refractivity contribution >= 4 is 18.2 Å². The summed E-state index contributed by atoms with van der Waals surface area (Å²) in [7, 11) is 0. The van der Waals surface area contributed by atoms with E-state index < -0.39 is 48.4 Å². The van der Waals surface area contributed by atoms with Crippen molar-refractivity contribution in [2.45, 2.75) is 30.8 Å². The van der Waals surface area contributed by atoms with E-state index in [1.807, 2.05) is 5.32 Å². The van der Waals surface area contributed by atoms with E-state index in [4.69, 9.17) is 9.84 Å². The number of imide groups is 1. The van der Waals surface area contributed by atoms with Gasteiger partial charge in [0.15, 0.2) is 0 Å². The van der Waals surface area contributed by atoms with Gasteiger partial charge >= 0.3 is 6.03 Å². The molecule has 0 bridgehead atoms. The molecule has 0 aromatic rings. The number of nitrogens with one attached hydrogen (secondary N) is 1. The Bertz CT molecular complexity index is 465. The fourth-order valence-electron chi connectivity index (χ4n) is 2.51. The molecule has 2 aliphatic rings. The second-order valence-corrected chi connectivity index (χ2v) is 4.81. The van der Waals surface area contributed by atoms with E-state index in [1.54, 1.807) is 0 Å². The fourth-order valence-corrected chi connectivity index (χ4v) is 2.51. The number of hydrogen-bond donors (Lipinski definition) is 4. The third-order valence-corrected chi connectivity index (χ3v) is 3.59. The van der Waals surface area contributed by atoms with Gasteiger partial charge in [-0.15, -0.1) is 6.58 Å². The molecule has 2 rings (SSSR count). The summed E-state index contributed by atoms with van der Waals surface area (Å²) in [5, 5.41) is 30.9. The van der Waals surface area contributed by atoms with Crippen molar-refractivity contribution in [3.8, 4) is 0 Å². The predicted molar refractivity (Wildman–Crippen MR) is 67.0 cm³/mol. The lowest BCUT2D eigenvalue weighted by Crippen LogP contribution is -2.57. The average Bonchev–Trinajstić information content (AvgIpc) is 2.70. The van der Waals surface area contributed by atoms with Crippen LogP contribution in [0.25, 0.3) is 0 Å². The molecule has 0 aromatic carbocycles. The van der Waals surface area contributed by atoms with Crippen LogP contribution in [0.5, 0.6) is 0 Å². The fraction of sp³-hybridized carbons (Fsp3) is 0.583. The molecular formula is C12H16N2O6. The van der Waals surface area contributed by atoms with Crippen LogP contribution in [0.4, 0.5) is 4.79 Å². The monoisotopic (exact) mass is 284 g/mol. The SMILES string of the molecule is C=CCC1([C@@H]2O[C@H](CO)[C@@H](O)[C@H]2O)C=NC(=O)NC1=O. The van der Waals surface area contributed by atoms with Gasteiger partial charge in [-0.05, 0) is 6.42 Å². The van der Waals surface area contributed by atoms with Crippen molar-refractivity contribution in [3.63, 3.8) is 0 Å². The van der Waals surface area contributed by atoms with E-state index in [0.717, 1.165) is 6.21 Å². The van der Waals surface area contributed by atoms with E-state index in [2.05, 4.69) is 11.6 Å². The summed E-state index contributed by atoms with van der Waals surface area (Å²) in [6.07, 6.45) is -2.27. The van der Waals surface area contributed by atoms with Crippen LogP contribution < -0.4 is 5.32 Å². The molecule has 1 fully saturated rings. The van der Waals surface area contributed by atoms with Crippen LogP contribution in [0.3, 0.4) is 0 Å². The van der Waals surface area contributed by atoms with Crippen molar-refractivity contribution < 1.29 is 29.6 Å². The molecule has 0 radical (unpaired) electrons. The highest BCUT2D eigenvalue weighted by atomic mass is 16.6. The molecule has 110 valence electrons. The quantitative estimate of drug-likeness (QED) is 0.458. The number of amides is 3. The van der Waals surface area contributed by atoms with Crippen LogP contribution in [0.1, 0.15) is 6.42 Å². The van der Waals surface area contributed by atoms with Crippen LogP contribution in [-0.4, -0.2) is 64.5 Å². The van der Waals surface area contributed by atoms with Crippen molar-refractivity contribution in [2.75, 3.05) is 6.61 Å². The predicted octanol–water partition coefficient (Wildman–Crippen LogP) is -1.65. The number of aliphatic imine (C=N–C) groups is 1. The highest BCUT2D eigenvalue weighted by molar-refractivity contribution is 6.13. The van der Waals surface area contributed by atoms with E-state index >= 15 is 0 Å². The zero-order chi connectivity index (χ0) is 14.9. The van der Waals surface area contributed by atoms with E-state index in [-0.39, 0.29) is 6.42 Å². The maximum atomic E-state index is 12.1. The molecule has 3 amide bonds. The first-order chi connectivity index (χ1) is 9.46. The molecule has 5 atom stereocenters. The van der Waals surface area contributed by atoms with Crippen LogP contribution in [0, 0.1) is 5.41 Å². The molecule has 1 unspecified atom stereocenters. The summed E-state index contributed by atoms with van der Waals surface area (Å²) in [5.74, 6) is -0.688. The molecule has 0 aromatic heterocycles. The molecule has 20 heavy (non-hydrogen) atoms. The Morgan fingerprint density at radius 3 is 2.65 bits per heavy atom.